The molecule has 1 aromatic heterocycles. The van der Waals surface area contributed by atoms with Gasteiger partial charge in [-0.2, -0.15) is 0 Å². The summed E-state index contributed by atoms with van der Waals surface area (Å²) in [5.74, 6) is 0.192. The van der Waals surface area contributed by atoms with Gasteiger partial charge in [-0.15, -0.1) is 11.3 Å². The number of nitrogens with zero attached hydrogens (tertiary/aromatic N) is 3. The molecule has 1 spiro atoms. The molecule has 4 rings (SSSR count). The number of rotatable bonds is 4. The van der Waals surface area contributed by atoms with Crippen molar-refractivity contribution in [3.05, 3.63) is 21.3 Å². The number of urea groups is 1. The maximum atomic E-state index is 13.1. The van der Waals surface area contributed by atoms with Crippen LogP contribution < -0.4 is 5.32 Å². The third kappa shape index (κ3) is 3.75. The first-order valence-electron chi connectivity index (χ1n) is 9.81. The smallest absolute Gasteiger partial charge is 0.323 e. The van der Waals surface area contributed by atoms with E-state index in [4.69, 9.17) is 11.6 Å². The monoisotopic (exact) mass is 410 g/mol. The largest absolute Gasteiger partial charge is 0.326 e. The van der Waals surface area contributed by atoms with Gasteiger partial charge in [-0.05, 0) is 30.9 Å². The number of amides is 3. The molecule has 3 fully saturated rings. The highest BCUT2D eigenvalue weighted by atomic mass is 35.5. The Hall–Kier alpha value is -1.15. The van der Waals surface area contributed by atoms with Crippen LogP contribution in [0.5, 0.6) is 0 Å². The van der Waals surface area contributed by atoms with Gasteiger partial charge in [-0.1, -0.05) is 31.4 Å². The molecule has 148 valence electrons. The normalized spacial score (nSPS) is 30.3. The number of piperazine rings is 1. The van der Waals surface area contributed by atoms with Gasteiger partial charge in [0.2, 0.25) is 0 Å². The molecule has 1 aliphatic carbocycles. The molecule has 2 saturated heterocycles. The predicted octanol–water partition coefficient (Wildman–Crippen LogP) is 2.98. The maximum absolute atomic E-state index is 13.1. The topological polar surface area (TPSA) is 55.9 Å². The zero-order valence-corrected chi connectivity index (χ0v) is 17.3. The molecule has 3 amide bonds. The van der Waals surface area contributed by atoms with Crippen LogP contribution in [0.1, 0.15) is 37.5 Å². The van der Waals surface area contributed by atoms with Crippen molar-refractivity contribution in [2.45, 2.75) is 44.7 Å². The number of halogens is 1. The lowest BCUT2D eigenvalue weighted by Crippen LogP contribution is -2.55. The van der Waals surface area contributed by atoms with Crippen molar-refractivity contribution in [3.8, 4) is 0 Å². The van der Waals surface area contributed by atoms with Gasteiger partial charge in [0.1, 0.15) is 5.54 Å². The van der Waals surface area contributed by atoms with Crippen LogP contribution in [0.2, 0.25) is 4.34 Å². The molecule has 2 atom stereocenters. The van der Waals surface area contributed by atoms with Gasteiger partial charge < -0.3 is 5.32 Å². The van der Waals surface area contributed by atoms with E-state index in [1.165, 1.54) is 9.78 Å². The van der Waals surface area contributed by atoms with E-state index in [0.717, 1.165) is 62.7 Å². The lowest BCUT2D eigenvalue weighted by atomic mass is 9.73. The van der Waals surface area contributed by atoms with Crippen LogP contribution in [0, 0.1) is 5.92 Å². The van der Waals surface area contributed by atoms with Crippen molar-refractivity contribution in [2.24, 2.45) is 5.92 Å². The SMILES string of the molecule is C[C@H]1CCCC[C@@]12NC(=O)N(CN1CCN(Cc3ccc(Cl)s3)CC1)C2=O. The second-order valence-corrected chi connectivity index (χ2v) is 9.82. The summed E-state index contributed by atoms with van der Waals surface area (Å²) in [6.45, 7) is 6.99. The fourth-order valence-corrected chi connectivity index (χ4v) is 5.70. The van der Waals surface area contributed by atoms with Crippen LogP contribution in [0.15, 0.2) is 12.1 Å². The van der Waals surface area contributed by atoms with E-state index in [0.29, 0.717) is 6.67 Å². The van der Waals surface area contributed by atoms with E-state index >= 15 is 0 Å². The Bertz CT molecular complexity index is 718. The van der Waals surface area contributed by atoms with E-state index < -0.39 is 5.54 Å². The van der Waals surface area contributed by atoms with Crippen molar-refractivity contribution in [1.29, 1.82) is 0 Å². The summed E-state index contributed by atoms with van der Waals surface area (Å²) in [5, 5.41) is 3.04. The van der Waals surface area contributed by atoms with Gasteiger partial charge >= 0.3 is 6.03 Å². The van der Waals surface area contributed by atoms with E-state index in [1.807, 2.05) is 6.07 Å². The van der Waals surface area contributed by atoms with Gasteiger partial charge in [0, 0.05) is 37.6 Å². The molecule has 0 unspecified atom stereocenters. The molecule has 1 saturated carbocycles. The number of imide groups is 1. The van der Waals surface area contributed by atoms with E-state index in [-0.39, 0.29) is 17.9 Å². The number of thiophene rings is 1. The number of hydrogen-bond acceptors (Lipinski definition) is 5. The minimum atomic E-state index is -0.657. The van der Waals surface area contributed by atoms with Gasteiger partial charge in [0.25, 0.3) is 5.91 Å². The molecule has 3 aliphatic rings. The molecule has 3 heterocycles. The second-order valence-electron chi connectivity index (χ2n) is 8.02. The average molecular weight is 411 g/mol. The van der Waals surface area contributed by atoms with E-state index in [2.05, 4.69) is 28.1 Å². The van der Waals surface area contributed by atoms with Crippen molar-refractivity contribution in [2.75, 3.05) is 32.8 Å². The highest BCUT2D eigenvalue weighted by Gasteiger charge is 2.55. The predicted molar refractivity (Wildman–Crippen MR) is 107 cm³/mol. The lowest BCUT2D eigenvalue weighted by Gasteiger charge is -2.38. The molecule has 6 nitrogen and oxygen atoms in total. The fourth-order valence-electron chi connectivity index (χ4n) is 4.57. The Morgan fingerprint density at radius 3 is 2.59 bits per heavy atom. The molecule has 27 heavy (non-hydrogen) atoms. The Kier molecular flexibility index (Phi) is 5.47. The number of hydrogen-bond donors (Lipinski definition) is 1. The zero-order valence-electron chi connectivity index (χ0n) is 15.7. The van der Waals surface area contributed by atoms with Crippen LogP contribution >= 0.6 is 22.9 Å². The number of nitrogens with one attached hydrogen (secondary N) is 1. The van der Waals surface area contributed by atoms with E-state index in [9.17, 15) is 9.59 Å². The minimum absolute atomic E-state index is 0.0182. The summed E-state index contributed by atoms with van der Waals surface area (Å²) in [7, 11) is 0. The van der Waals surface area contributed by atoms with Crippen molar-refractivity contribution >= 4 is 34.9 Å². The average Bonchev–Trinajstić information content (AvgIpc) is 3.16. The number of carbonyl (C=O) groups is 2. The summed E-state index contributed by atoms with van der Waals surface area (Å²) in [5.41, 5.74) is -0.657. The van der Waals surface area contributed by atoms with Crippen molar-refractivity contribution in [3.63, 3.8) is 0 Å². The highest BCUT2D eigenvalue weighted by Crippen LogP contribution is 2.38. The fraction of sp³-hybridized carbons (Fsp3) is 0.684. The number of carbonyl (C=O) groups excluding carboxylic acids is 2. The zero-order chi connectivity index (χ0) is 19.0. The van der Waals surface area contributed by atoms with Crippen LogP contribution in [0.4, 0.5) is 4.79 Å². The minimum Gasteiger partial charge on any atom is -0.323 e. The molecular formula is C19H27ClN4O2S. The van der Waals surface area contributed by atoms with Crippen LogP contribution in [-0.2, 0) is 11.3 Å². The molecule has 8 heteroatoms. The maximum Gasteiger partial charge on any atom is 0.326 e. The van der Waals surface area contributed by atoms with Gasteiger partial charge in [-0.3, -0.25) is 14.6 Å². The van der Waals surface area contributed by atoms with Crippen LogP contribution in [0.3, 0.4) is 0 Å². The van der Waals surface area contributed by atoms with Gasteiger partial charge in [-0.25, -0.2) is 9.69 Å². The van der Waals surface area contributed by atoms with Crippen LogP contribution in [-0.4, -0.2) is 65.0 Å². The van der Waals surface area contributed by atoms with Gasteiger partial charge in [0.15, 0.2) is 0 Å². The summed E-state index contributed by atoms with van der Waals surface area (Å²) in [6, 6.07) is 3.80. The molecule has 0 bridgehead atoms. The summed E-state index contributed by atoms with van der Waals surface area (Å²) < 4.78 is 0.827. The second kappa shape index (κ2) is 7.70. The summed E-state index contributed by atoms with van der Waals surface area (Å²) in [6.07, 6.45) is 3.93. The first kappa shape index (κ1) is 19.2. The molecule has 2 aliphatic heterocycles. The Balaban J connectivity index is 1.32. The molecule has 0 aromatic carbocycles. The van der Waals surface area contributed by atoms with Gasteiger partial charge in [0.05, 0.1) is 11.0 Å². The molecular weight excluding hydrogens is 384 g/mol. The highest BCUT2D eigenvalue weighted by molar-refractivity contribution is 7.16. The Morgan fingerprint density at radius 2 is 1.93 bits per heavy atom. The van der Waals surface area contributed by atoms with Crippen molar-refractivity contribution in [1.82, 2.24) is 20.0 Å². The first-order valence-corrected chi connectivity index (χ1v) is 11.0. The molecule has 1 aromatic rings. The van der Waals surface area contributed by atoms with Crippen LogP contribution in [0.25, 0.3) is 0 Å². The Labute approximate surface area is 169 Å². The third-order valence-corrected chi connectivity index (χ3v) is 7.53. The quantitative estimate of drug-likeness (QED) is 0.775. The van der Waals surface area contributed by atoms with Crippen molar-refractivity contribution < 1.29 is 9.59 Å². The van der Waals surface area contributed by atoms with E-state index in [1.54, 1.807) is 11.3 Å². The third-order valence-electron chi connectivity index (χ3n) is 6.32. The Morgan fingerprint density at radius 1 is 1.19 bits per heavy atom. The summed E-state index contributed by atoms with van der Waals surface area (Å²) in [4.78, 5) is 32.9. The first-order chi connectivity index (χ1) is 13.0. The standard InChI is InChI=1S/C19H27ClN4O2S/c1-14-4-2-3-7-19(14)17(25)24(18(26)21-19)13-23-10-8-22(9-11-23)12-15-5-6-16(20)27-15/h5-6,14H,2-4,7-13H2,1H3,(H,21,26)/t14-,19+/m0/s1. The lowest BCUT2D eigenvalue weighted by molar-refractivity contribution is -0.136. The molecule has 1 N–H and O–H groups in total. The summed E-state index contributed by atoms with van der Waals surface area (Å²) >= 11 is 7.64. The molecule has 0 radical (unpaired) electrons.